The van der Waals surface area contributed by atoms with Crippen LogP contribution in [-0.2, 0) is 13.2 Å². The summed E-state index contributed by atoms with van der Waals surface area (Å²) in [5.41, 5.74) is 4.21. The van der Waals surface area contributed by atoms with Gasteiger partial charge in [0.2, 0.25) is 0 Å². The van der Waals surface area contributed by atoms with Crippen molar-refractivity contribution in [2.24, 2.45) is 5.92 Å². The fraction of sp³-hybridized carbons (Fsp3) is 0.381. The number of hydrogen-bond donors (Lipinski definition) is 1. The Kier molecular flexibility index (Phi) is 6.53. The number of ether oxygens (including phenoxy) is 1. The number of likely N-dealkylation sites (tertiary alicyclic amines) is 1. The number of hydrogen-bond acceptors (Lipinski definition) is 7. The number of piperidine rings is 1. The molecule has 29 heavy (non-hydrogen) atoms. The molecule has 0 radical (unpaired) electrons. The highest BCUT2D eigenvalue weighted by atomic mass is 32.1. The number of aromatic nitrogens is 2. The molecule has 0 spiro atoms. The summed E-state index contributed by atoms with van der Waals surface area (Å²) in [6.45, 7) is 5.77. The highest BCUT2D eigenvalue weighted by molar-refractivity contribution is 7.14. The van der Waals surface area contributed by atoms with E-state index in [1.165, 1.54) is 35.5 Å². The standard InChI is InChI=1S/C21H24N4O2S2/c1-15-4-3-7-25(9-15)10-17-13-29-21(23-17)24-20(26)16-5-2-6-19(8-16)27-11-18-12-28-14-22-18/h2,5-6,8,12-15H,3-4,7,9-11H2,1H3,(H,23,24,26). The number of nitrogens with one attached hydrogen (secondary N) is 1. The molecule has 1 unspecified atom stereocenters. The van der Waals surface area contributed by atoms with Crippen LogP contribution in [0.15, 0.2) is 40.5 Å². The molecule has 3 aromatic rings. The van der Waals surface area contributed by atoms with E-state index in [9.17, 15) is 4.79 Å². The van der Waals surface area contributed by atoms with Crippen LogP contribution in [0.4, 0.5) is 5.13 Å². The van der Waals surface area contributed by atoms with E-state index in [2.05, 4.69) is 27.1 Å². The third-order valence-electron chi connectivity index (χ3n) is 4.87. The van der Waals surface area contributed by atoms with Crippen molar-refractivity contribution >= 4 is 33.7 Å². The van der Waals surface area contributed by atoms with Gasteiger partial charge in [-0.25, -0.2) is 9.97 Å². The molecule has 1 N–H and O–H groups in total. The van der Waals surface area contributed by atoms with E-state index in [1.54, 1.807) is 17.6 Å². The van der Waals surface area contributed by atoms with E-state index in [0.29, 0.717) is 23.1 Å². The van der Waals surface area contributed by atoms with Crippen molar-refractivity contribution in [3.63, 3.8) is 0 Å². The summed E-state index contributed by atoms with van der Waals surface area (Å²) in [6.07, 6.45) is 2.55. The molecule has 152 valence electrons. The van der Waals surface area contributed by atoms with Crippen LogP contribution in [0.25, 0.3) is 0 Å². The largest absolute Gasteiger partial charge is 0.487 e. The summed E-state index contributed by atoms with van der Waals surface area (Å²) >= 11 is 3.00. The van der Waals surface area contributed by atoms with Crippen molar-refractivity contribution in [1.82, 2.24) is 14.9 Å². The first-order valence-corrected chi connectivity index (χ1v) is 11.6. The van der Waals surface area contributed by atoms with Crippen LogP contribution < -0.4 is 10.1 Å². The fourth-order valence-electron chi connectivity index (χ4n) is 3.46. The Morgan fingerprint density at radius 2 is 2.28 bits per heavy atom. The summed E-state index contributed by atoms with van der Waals surface area (Å²) in [4.78, 5) is 23.9. The van der Waals surface area contributed by atoms with Gasteiger partial charge >= 0.3 is 0 Å². The van der Waals surface area contributed by atoms with Gasteiger partial charge in [-0.2, -0.15) is 0 Å². The zero-order valence-corrected chi connectivity index (χ0v) is 18.0. The first kappa shape index (κ1) is 20.0. The van der Waals surface area contributed by atoms with E-state index < -0.39 is 0 Å². The zero-order valence-electron chi connectivity index (χ0n) is 16.3. The van der Waals surface area contributed by atoms with Gasteiger partial charge in [0.15, 0.2) is 5.13 Å². The number of nitrogens with zero attached hydrogens (tertiary/aromatic N) is 3. The Morgan fingerprint density at radius 3 is 3.10 bits per heavy atom. The lowest BCUT2D eigenvalue weighted by Crippen LogP contribution is -2.33. The molecule has 0 aliphatic carbocycles. The maximum Gasteiger partial charge on any atom is 0.257 e. The number of anilines is 1. The third kappa shape index (κ3) is 5.62. The molecule has 1 aliphatic rings. The van der Waals surface area contributed by atoms with Crippen molar-refractivity contribution in [3.8, 4) is 5.75 Å². The van der Waals surface area contributed by atoms with Crippen molar-refractivity contribution in [2.45, 2.75) is 32.9 Å². The van der Waals surface area contributed by atoms with E-state index in [0.717, 1.165) is 36.9 Å². The number of amides is 1. The van der Waals surface area contributed by atoms with Crippen LogP contribution in [0.3, 0.4) is 0 Å². The van der Waals surface area contributed by atoms with E-state index in [-0.39, 0.29) is 5.91 Å². The molecule has 2 aromatic heterocycles. The summed E-state index contributed by atoms with van der Waals surface area (Å²) in [6, 6.07) is 7.17. The number of carbonyl (C=O) groups is 1. The second-order valence-electron chi connectivity index (χ2n) is 7.38. The molecule has 1 aromatic carbocycles. The summed E-state index contributed by atoms with van der Waals surface area (Å²) in [7, 11) is 0. The van der Waals surface area contributed by atoms with Crippen LogP contribution in [0.1, 0.15) is 41.5 Å². The van der Waals surface area contributed by atoms with Crippen molar-refractivity contribution in [3.05, 3.63) is 57.5 Å². The predicted octanol–water partition coefficient (Wildman–Crippen LogP) is 4.66. The van der Waals surface area contributed by atoms with E-state index in [4.69, 9.17) is 4.74 Å². The Morgan fingerprint density at radius 1 is 1.34 bits per heavy atom. The molecule has 1 amide bonds. The highest BCUT2D eigenvalue weighted by Gasteiger charge is 2.18. The molecule has 4 rings (SSSR count). The van der Waals surface area contributed by atoms with Gasteiger partial charge in [-0.05, 0) is 43.5 Å². The van der Waals surface area contributed by atoms with Crippen LogP contribution in [-0.4, -0.2) is 33.9 Å². The van der Waals surface area contributed by atoms with Gasteiger partial charge < -0.3 is 4.74 Å². The maximum atomic E-state index is 12.6. The second-order valence-corrected chi connectivity index (χ2v) is 8.95. The average Bonchev–Trinajstić information content (AvgIpc) is 3.39. The molecule has 1 fully saturated rings. The summed E-state index contributed by atoms with van der Waals surface area (Å²) < 4.78 is 5.73. The highest BCUT2D eigenvalue weighted by Crippen LogP contribution is 2.22. The second kappa shape index (κ2) is 9.47. The van der Waals surface area contributed by atoms with Gasteiger partial charge in [0.05, 0.1) is 16.9 Å². The fourth-order valence-corrected chi connectivity index (χ4v) is 4.70. The van der Waals surface area contributed by atoms with E-state index in [1.807, 2.05) is 22.9 Å². The zero-order chi connectivity index (χ0) is 20.1. The number of carbonyl (C=O) groups excluding carboxylic acids is 1. The molecule has 0 bridgehead atoms. The molecule has 3 heterocycles. The molecule has 0 saturated carbocycles. The van der Waals surface area contributed by atoms with Crippen LogP contribution in [0.5, 0.6) is 5.75 Å². The number of benzene rings is 1. The Bertz CT molecular complexity index is 942. The SMILES string of the molecule is CC1CCCN(Cc2csc(NC(=O)c3cccc(OCc4cscn4)c3)n2)C1. The van der Waals surface area contributed by atoms with Crippen LogP contribution >= 0.6 is 22.7 Å². The normalized spacial score (nSPS) is 17.2. The van der Waals surface area contributed by atoms with Crippen LogP contribution in [0.2, 0.25) is 0 Å². The monoisotopic (exact) mass is 428 g/mol. The minimum absolute atomic E-state index is 0.184. The molecule has 1 aliphatic heterocycles. The van der Waals surface area contributed by atoms with Gasteiger partial charge in [-0.15, -0.1) is 22.7 Å². The molecular weight excluding hydrogens is 404 g/mol. The van der Waals surface area contributed by atoms with Crippen molar-refractivity contribution in [1.29, 1.82) is 0 Å². The Balaban J connectivity index is 1.33. The lowest BCUT2D eigenvalue weighted by Gasteiger charge is -2.30. The lowest BCUT2D eigenvalue weighted by atomic mass is 10.0. The topological polar surface area (TPSA) is 67.4 Å². The van der Waals surface area contributed by atoms with Gasteiger partial charge in [0, 0.05) is 29.4 Å². The number of thiazole rings is 2. The molecule has 8 heteroatoms. The summed E-state index contributed by atoms with van der Waals surface area (Å²) in [5, 5.41) is 7.51. The molecule has 1 atom stereocenters. The van der Waals surface area contributed by atoms with Gasteiger partial charge in [0.1, 0.15) is 12.4 Å². The minimum atomic E-state index is -0.184. The molecule has 1 saturated heterocycles. The Labute approximate surface area is 178 Å². The van der Waals surface area contributed by atoms with Gasteiger partial charge in [-0.3, -0.25) is 15.0 Å². The molecular formula is C21H24N4O2S2. The van der Waals surface area contributed by atoms with Gasteiger partial charge in [0.25, 0.3) is 5.91 Å². The minimum Gasteiger partial charge on any atom is -0.487 e. The lowest BCUT2D eigenvalue weighted by molar-refractivity contribution is 0.102. The van der Waals surface area contributed by atoms with Crippen LogP contribution in [0, 0.1) is 5.92 Å². The van der Waals surface area contributed by atoms with Gasteiger partial charge in [-0.1, -0.05) is 13.0 Å². The average molecular weight is 429 g/mol. The van der Waals surface area contributed by atoms with Crippen molar-refractivity contribution < 1.29 is 9.53 Å². The first-order chi connectivity index (χ1) is 14.2. The predicted molar refractivity (Wildman–Crippen MR) is 117 cm³/mol. The number of rotatable bonds is 7. The van der Waals surface area contributed by atoms with E-state index >= 15 is 0 Å². The van der Waals surface area contributed by atoms with Crippen molar-refractivity contribution in [2.75, 3.05) is 18.4 Å². The Hall–Kier alpha value is -2.29. The third-order valence-corrected chi connectivity index (χ3v) is 6.31. The smallest absolute Gasteiger partial charge is 0.257 e. The summed E-state index contributed by atoms with van der Waals surface area (Å²) in [5.74, 6) is 1.20. The quantitative estimate of drug-likeness (QED) is 0.593. The molecule has 6 nitrogen and oxygen atoms in total. The first-order valence-electron chi connectivity index (χ1n) is 9.74. The maximum absolute atomic E-state index is 12.6.